The van der Waals surface area contributed by atoms with Crippen LogP contribution in [-0.2, 0) is 0 Å². The zero-order valence-corrected chi connectivity index (χ0v) is 11.5. The van der Waals surface area contributed by atoms with Gasteiger partial charge >= 0.3 is 0 Å². The van der Waals surface area contributed by atoms with Gasteiger partial charge in [-0.2, -0.15) is 0 Å². The van der Waals surface area contributed by atoms with Crippen LogP contribution in [0.5, 0.6) is 11.5 Å². The highest BCUT2D eigenvalue weighted by molar-refractivity contribution is 8.13. The summed E-state index contributed by atoms with van der Waals surface area (Å²) in [4.78, 5) is 24.5. The molecule has 1 amide bonds. The Labute approximate surface area is 110 Å². The number of nitrogens with zero attached hydrogens (tertiary/aromatic N) is 1. The second kappa shape index (κ2) is 6.30. The molecule has 1 aromatic rings. The van der Waals surface area contributed by atoms with Gasteiger partial charge in [-0.25, -0.2) is 0 Å². The Morgan fingerprint density at radius 1 is 1.22 bits per heavy atom. The molecule has 0 aliphatic heterocycles. The molecule has 1 rings (SSSR count). The molecule has 0 bridgehead atoms. The topological polar surface area (TPSA) is 55.8 Å². The number of ether oxygens (including phenoxy) is 2. The number of thioether (sulfide) groups is 1. The van der Waals surface area contributed by atoms with Crippen molar-refractivity contribution in [2.24, 2.45) is 0 Å². The van der Waals surface area contributed by atoms with Crippen LogP contribution in [0.15, 0.2) is 17.0 Å². The maximum Gasteiger partial charge on any atom is 0.286 e. The van der Waals surface area contributed by atoms with E-state index in [-0.39, 0.29) is 5.24 Å². The summed E-state index contributed by atoms with van der Waals surface area (Å²) in [6, 6.07) is 3.14. The molecule has 0 N–H and O–H groups in total. The first kappa shape index (κ1) is 14.4. The van der Waals surface area contributed by atoms with Crippen LogP contribution >= 0.6 is 11.8 Å². The van der Waals surface area contributed by atoms with E-state index in [1.165, 1.54) is 19.1 Å². The number of amides is 1. The van der Waals surface area contributed by atoms with Crippen molar-refractivity contribution in [3.63, 3.8) is 0 Å². The first-order valence-electron chi connectivity index (χ1n) is 5.13. The fraction of sp³-hybridized carbons (Fsp3) is 0.333. The number of carbonyl (C=O) groups excluding carboxylic acids is 2. The van der Waals surface area contributed by atoms with E-state index in [0.29, 0.717) is 28.2 Å². The second-order valence-electron chi connectivity index (χ2n) is 3.63. The first-order chi connectivity index (χ1) is 8.53. The van der Waals surface area contributed by atoms with Crippen molar-refractivity contribution in [3.05, 3.63) is 17.7 Å². The Morgan fingerprint density at radius 2 is 1.72 bits per heavy atom. The molecule has 98 valence electrons. The molecule has 0 aliphatic rings. The smallest absolute Gasteiger partial charge is 0.286 e. The minimum absolute atomic E-state index is 0.148. The summed E-state index contributed by atoms with van der Waals surface area (Å²) in [5, 5.41) is -0.148. The van der Waals surface area contributed by atoms with Gasteiger partial charge in [-0.3, -0.25) is 9.59 Å². The van der Waals surface area contributed by atoms with Gasteiger partial charge in [0.1, 0.15) is 22.7 Å². The summed E-state index contributed by atoms with van der Waals surface area (Å²) in [5.41, 5.74) is 0.436. The van der Waals surface area contributed by atoms with Crippen molar-refractivity contribution in [1.29, 1.82) is 0 Å². The van der Waals surface area contributed by atoms with Gasteiger partial charge in [-0.15, -0.1) is 0 Å². The molecule has 0 fully saturated rings. The van der Waals surface area contributed by atoms with Gasteiger partial charge in [-0.1, -0.05) is 0 Å². The molecule has 0 unspecified atom stereocenters. The van der Waals surface area contributed by atoms with Crippen molar-refractivity contribution >= 4 is 23.3 Å². The zero-order chi connectivity index (χ0) is 13.7. The Kier molecular flexibility index (Phi) is 5.03. The van der Waals surface area contributed by atoms with E-state index in [0.717, 1.165) is 11.8 Å². The normalized spacial score (nSPS) is 9.78. The lowest BCUT2D eigenvalue weighted by molar-refractivity contribution is 0.112. The lowest BCUT2D eigenvalue weighted by atomic mass is 10.2. The summed E-state index contributed by atoms with van der Waals surface area (Å²) in [6.07, 6.45) is 0.702. The number of rotatable bonds is 4. The second-order valence-corrected chi connectivity index (χ2v) is 4.60. The van der Waals surface area contributed by atoms with E-state index in [9.17, 15) is 9.59 Å². The van der Waals surface area contributed by atoms with Crippen molar-refractivity contribution < 1.29 is 19.1 Å². The van der Waals surface area contributed by atoms with Gasteiger partial charge in [0.2, 0.25) is 0 Å². The van der Waals surface area contributed by atoms with E-state index in [4.69, 9.17) is 9.47 Å². The lowest BCUT2D eigenvalue weighted by Gasteiger charge is -2.15. The predicted octanol–water partition coefficient (Wildman–Crippen LogP) is 2.29. The fourth-order valence-electron chi connectivity index (χ4n) is 1.25. The molecule has 5 nitrogen and oxygen atoms in total. The summed E-state index contributed by atoms with van der Waals surface area (Å²) < 4.78 is 10.4. The molecule has 0 aromatic heterocycles. The zero-order valence-electron chi connectivity index (χ0n) is 10.7. The van der Waals surface area contributed by atoms with Crippen LogP contribution in [0, 0.1) is 0 Å². The number of aldehydes is 1. The monoisotopic (exact) mass is 269 g/mol. The summed E-state index contributed by atoms with van der Waals surface area (Å²) in [6.45, 7) is 0. The maximum absolute atomic E-state index is 11.7. The maximum atomic E-state index is 11.7. The highest BCUT2D eigenvalue weighted by Crippen LogP contribution is 2.39. The van der Waals surface area contributed by atoms with Crippen LogP contribution < -0.4 is 9.47 Å². The molecule has 6 heteroatoms. The molecule has 0 saturated heterocycles. The standard InChI is InChI=1S/C12H15NO4S/c1-13(2)12(15)18-11-9(16-3)5-8(7-14)6-10(11)17-4/h5-7H,1-4H3. The number of carbonyl (C=O) groups is 2. The lowest BCUT2D eigenvalue weighted by Crippen LogP contribution is -2.16. The molecule has 0 heterocycles. The number of hydrogen-bond acceptors (Lipinski definition) is 5. The number of methoxy groups -OCH3 is 2. The molecular weight excluding hydrogens is 254 g/mol. The number of benzene rings is 1. The van der Waals surface area contributed by atoms with Crippen LogP contribution in [0.25, 0.3) is 0 Å². The fourth-order valence-corrected chi connectivity index (χ4v) is 2.09. The van der Waals surface area contributed by atoms with Crippen LogP contribution in [0.4, 0.5) is 4.79 Å². The van der Waals surface area contributed by atoms with Crippen molar-refractivity contribution in [3.8, 4) is 11.5 Å². The Hall–Kier alpha value is -1.69. The molecule has 1 aromatic carbocycles. The highest BCUT2D eigenvalue weighted by atomic mass is 32.2. The summed E-state index contributed by atoms with van der Waals surface area (Å²) >= 11 is 0.994. The van der Waals surface area contributed by atoms with Crippen molar-refractivity contribution in [2.75, 3.05) is 28.3 Å². The quantitative estimate of drug-likeness (QED) is 0.620. The van der Waals surface area contributed by atoms with E-state index >= 15 is 0 Å². The Morgan fingerprint density at radius 3 is 2.06 bits per heavy atom. The van der Waals surface area contributed by atoms with E-state index in [2.05, 4.69) is 0 Å². The molecule has 18 heavy (non-hydrogen) atoms. The largest absolute Gasteiger partial charge is 0.495 e. The highest BCUT2D eigenvalue weighted by Gasteiger charge is 2.17. The molecule has 0 saturated carbocycles. The third-order valence-electron chi connectivity index (χ3n) is 2.17. The predicted molar refractivity (Wildman–Crippen MR) is 69.9 cm³/mol. The van der Waals surface area contributed by atoms with Crippen LogP contribution in [0.2, 0.25) is 0 Å². The first-order valence-corrected chi connectivity index (χ1v) is 5.95. The van der Waals surface area contributed by atoms with Gasteiger partial charge in [0.05, 0.1) is 14.2 Å². The molecule has 0 radical (unpaired) electrons. The minimum Gasteiger partial charge on any atom is -0.495 e. The van der Waals surface area contributed by atoms with Crippen LogP contribution in [0.1, 0.15) is 10.4 Å². The minimum atomic E-state index is -0.148. The average molecular weight is 269 g/mol. The number of hydrogen-bond donors (Lipinski definition) is 0. The third-order valence-corrected chi connectivity index (χ3v) is 3.32. The van der Waals surface area contributed by atoms with E-state index in [1.54, 1.807) is 26.2 Å². The molecule has 0 atom stereocenters. The third kappa shape index (κ3) is 3.16. The van der Waals surface area contributed by atoms with Gasteiger partial charge in [0.15, 0.2) is 0 Å². The summed E-state index contributed by atoms with van der Waals surface area (Å²) in [7, 11) is 6.28. The Bertz CT molecular complexity index is 434. The van der Waals surface area contributed by atoms with Crippen LogP contribution in [0.3, 0.4) is 0 Å². The van der Waals surface area contributed by atoms with Gasteiger partial charge in [0, 0.05) is 19.7 Å². The molecule has 0 spiro atoms. The molecular formula is C12H15NO4S. The summed E-state index contributed by atoms with van der Waals surface area (Å²) in [5.74, 6) is 0.883. The van der Waals surface area contributed by atoms with E-state index < -0.39 is 0 Å². The van der Waals surface area contributed by atoms with Crippen molar-refractivity contribution in [1.82, 2.24) is 4.90 Å². The van der Waals surface area contributed by atoms with E-state index in [1.807, 2.05) is 0 Å². The molecule has 0 aliphatic carbocycles. The average Bonchev–Trinajstić information content (AvgIpc) is 2.38. The van der Waals surface area contributed by atoms with Gasteiger partial charge in [0.25, 0.3) is 5.24 Å². The van der Waals surface area contributed by atoms with Gasteiger partial charge < -0.3 is 14.4 Å². The Balaban J connectivity index is 3.22. The van der Waals surface area contributed by atoms with Crippen LogP contribution in [-0.4, -0.2) is 44.7 Å². The van der Waals surface area contributed by atoms with Crippen molar-refractivity contribution in [2.45, 2.75) is 4.90 Å². The SMILES string of the molecule is COc1cc(C=O)cc(OC)c1SC(=O)N(C)C. The van der Waals surface area contributed by atoms with Gasteiger partial charge in [-0.05, 0) is 23.9 Å².